The van der Waals surface area contributed by atoms with E-state index in [9.17, 15) is 0 Å². The smallest absolute Gasteiger partial charge is 0.123 e. The first kappa shape index (κ1) is 34.2. The molecule has 5 heteroatoms. The largest absolute Gasteiger partial charge is 0.310 e. The summed E-state index contributed by atoms with van der Waals surface area (Å²) in [6.45, 7) is 9.45. The Kier molecular flexibility index (Phi) is 20.1. The fourth-order valence-corrected chi connectivity index (χ4v) is 3.24. The summed E-state index contributed by atoms with van der Waals surface area (Å²) in [5.41, 5.74) is 3.17. The van der Waals surface area contributed by atoms with Gasteiger partial charge in [0.25, 0.3) is 0 Å². The third-order valence-electron chi connectivity index (χ3n) is 3.94. The topological polar surface area (TPSA) is 48.7 Å². The van der Waals surface area contributed by atoms with Crippen LogP contribution in [0.3, 0.4) is 0 Å². The molecule has 3 rings (SSSR count). The average Bonchev–Trinajstić information content (AvgIpc) is 3.17. The van der Waals surface area contributed by atoms with E-state index in [0.717, 1.165) is 17.1 Å². The van der Waals surface area contributed by atoms with E-state index < -0.39 is 0 Å². The van der Waals surface area contributed by atoms with Gasteiger partial charge in [0.05, 0.1) is 11.6 Å². The molecule has 0 saturated carbocycles. The number of aromatic nitrogens is 1. The van der Waals surface area contributed by atoms with Gasteiger partial charge in [-0.05, 0) is 23.6 Å². The van der Waals surface area contributed by atoms with Gasteiger partial charge in [0.1, 0.15) is 5.01 Å². The molecule has 0 aliphatic carbocycles. The Morgan fingerprint density at radius 1 is 0.968 bits per heavy atom. The van der Waals surface area contributed by atoms with E-state index in [2.05, 4.69) is 56.2 Å². The molecule has 0 aliphatic rings. The van der Waals surface area contributed by atoms with E-state index in [4.69, 9.17) is 5.26 Å². The molecule has 0 fully saturated rings. The number of nitrogens with one attached hydrogen (secondary N) is 1. The molecule has 3 aromatic rings. The van der Waals surface area contributed by atoms with Crippen LogP contribution < -0.4 is 5.32 Å². The van der Waals surface area contributed by atoms with E-state index in [1.54, 1.807) is 11.3 Å². The zero-order valence-corrected chi connectivity index (χ0v) is 20.7. The predicted molar refractivity (Wildman–Crippen MR) is 135 cm³/mol. The number of nitriles is 1. The molecule has 1 N–H and O–H groups in total. The summed E-state index contributed by atoms with van der Waals surface area (Å²) in [7, 11) is 0. The van der Waals surface area contributed by atoms with Crippen LogP contribution in [0.25, 0.3) is 10.6 Å². The molecule has 2 aromatic carbocycles. The van der Waals surface area contributed by atoms with Gasteiger partial charge >= 0.3 is 0 Å². The van der Waals surface area contributed by atoms with Gasteiger partial charge in [-0.2, -0.15) is 5.26 Å². The maximum Gasteiger partial charge on any atom is 0.123 e. The van der Waals surface area contributed by atoms with Crippen molar-refractivity contribution in [1.82, 2.24) is 10.3 Å². The quantitative estimate of drug-likeness (QED) is 0.377. The zero-order valence-electron chi connectivity index (χ0n) is 17.0. The first-order chi connectivity index (χ1) is 13.0. The van der Waals surface area contributed by atoms with Crippen molar-refractivity contribution in [3.05, 3.63) is 76.8 Å². The van der Waals surface area contributed by atoms with Gasteiger partial charge < -0.3 is 5.32 Å². The molecule has 0 bridgehead atoms. The predicted octanol–water partition coefficient (Wildman–Crippen LogP) is 7.90. The zero-order chi connectivity index (χ0) is 19.6. The van der Waals surface area contributed by atoms with Crippen LogP contribution in [0, 0.1) is 11.3 Å². The van der Waals surface area contributed by atoms with Crippen LogP contribution in [0.5, 0.6) is 0 Å². The third kappa shape index (κ3) is 12.3. The Bertz CT molecular complexity index is 868. The Morgan fingerprint density at radius 2 is 1.61 bits per heavy atom. The van der Waals surface area contributed by atoms with E-state index in [1.165, 1.54) is 16.0 Å². The molecule has 3 nitrogen and oxygen atoms in total. The molecule has 0 amide bonds. The van der Waals surface area contributed by atoms with Crippen LogP contribution in [-0.2, 0) is 39.3 Å². The Hall–Kier alpha value is -1.38. The molecule has 1 radical (unpaired) electrons. The molecule has 31 heavy (non-hydrogen) atoms. The Balaban J connectivity index is -0.000000471. The molecule has 0 saturated heterocycles. The fourth-order valence-electron chi connectivity index (χ4n) is 2.38. The van der Waals surface area contributed by atoms with Crippen LogP contribution in [0.4, 0.5) is 0 Å². The molecular formula is C26H39N3SY. The monoisotopic (exact) mass is 514 g/mol. The van der Waals surface area contributed by atoms with Crippen LogP contribution in [0.1, 0.15) is 71.9 Å². The third-order valence-corrected chi connectivity index (χ3v) is 4.99. The second-order valence-electron chi connectivity index (χ2n) is 6.93. The average molecular weight is 515 g/mol. The summed E-state index contributed by atoms with van der Waals surface area (Å²) in [4.78, 5) is 5.73. The Labute approximate surface area is 220 Å². The first-order valence-corrected chi connectivity index (χ1v) is 10.0. The summed E-state index contributed by atoms with van der Waals surface area (Å²) in [5, 5.41) is 13.1. The number of hydrogen-bond acceptors (Lipinski definition) is 4. The standard InChI is InChI=1S/C13H16N2S.C10H11N.3CH4.Y/c1-10(2)14-8-12-9-15-13(16-12)11-6-4-3-5-7-11;1-8(2)10-5-3-4-9(6-10)7-11;;;;/h3-7,9-10,14H,8H2,1-2H3;3-6,8H,1-2H3;3*1H4;. The van der Waals surface area contributed by atoms with Gasteiger partial charge in [-0.15, -0.1) is 11.3 Å². The number of rotatable bonds is 5. The molecule has 1 aromatic heterocycles. The normalized spacial score (nSPS) is 9.06. The molecule has 1 heterocycles. The summed E-state index contributed by atoms with van der Waals surface area (Å²) in [6.07, 6.45) is 1.96. The van der Waals surface area contributed by atoms with E-state index in [-0.39, 0.29) is 55.0 Å². The van der Waals surface area contributed by atoms with Crippen molar-refractivity contribution in [3.63, 3.8) is 0 Å². The molecule has 167 valence electrons. The minimum Gasteiger partial charge on any atom is -0.310 e. The molecule has 0 spiro atoms. The van der Waals surface area contributed by atoms with Gasteiger partial charge in [-0.25, -0.2) is 4.98 Å². The molecule has 0 atom stereocenters. The van der Waals surface area contributed by atoms with Crippen molar-refractivity contribution in [2.24, 2.45) is 0 Å². The first-order valence-electron chi connectivity index (χ1n) is 9.23. The molecule has 0 unspecified atom stereocenters. The minimum absolute atomic E-state index is 0. The second kappa shape index (κ2) is 18.2. The van der Waals surface area contributed by atoms with Gasteiger partial charge in [0, 0.05) is 61.9 Å². The summed E-state index contributed by atoms with van der Waals surface area (Å²) >= 11 is 1.75. The molecular weight excluding hydrogens is 475 g/mol. The maximum absolute atomic E-state index is 8.59. The van der Waals surface area contributed by atoms with Crippen LogP contribution in [-0.4, -0.2) is 11.0 Å². The van der Waals surface area contributed by atoms with Gasteiger partial charge in [0.2, 0.25) is 0 Å². The van der Waals surface area contributed by atoms with Crippen molar-refractivity contribution < 1.29 is 32.7 Å². The van der Waals surface area contributed by atoms with Crippen molar-refractivity contribution >= 4 is 11.3 Å². The van der Waals surface area contributed by atoms with E-state index >= 15 is 0 Å². The second-order valence-corrected chi connectivity index (χ2v) is 8.04. The summed E-state index contributed by atoms with van der Waals surface area (Å²) in [6, 6.07) is 20.7. The van der Waals surface area contributed by atoms with Gasteiger partial charge in [-0.1, -0.05) is 92.4 Å². The fraction of sp³-hybridized carbons (Fsp3) is 0.385. The number of nitrogens with zero attached hydrogens (tertiary/aromatic N) is 2. The van der Waals surface area contributed by atoms with Crippen molar-refractivity contribution in [3.8, 4) is 16.6 Å². The van der Waals surface area contributed by atoms with Gasteiger partial charge in [0.15, 0.2) is 0 Å². The van der Waals surface area contributed by atoms with Gasteiger partial charge in [-0.3, -0.25) is 0 Å². The number of hydrogen-bond donors (Lipinski definition) is 1. The van der Waals surface area contributed by atoms with E-state index in [0.29, 0.717) is 12.0 Å². The summed E-state index contributed by atoms with van der Waals surface area (Å²) < 4.78 is 0. The van der Waals surface area contributed by atoms with Crippen molar-refractivity contribution in [1.29, 1.82) is 5.26 Å². The number of benzene rings is 2. The molecule has 0 aliphatic heterocycles. The number of thiazole rings is 1. The Morgan fingerprint density at radius 3 is 2.16 bits per heavy atom. The van der Waals surface area contributed by atoms with E-state index in [1.807, 2.05) is 48.7 Å². The SMILES string of the molecule is C.C.C.CC(C)NCc1cnc(-c2ccccc2)s1.CC(C)c1cccc(C#N)c1.[Y]. The van der Waals surface area contributed by atoms with Crippen molar-refractivity contribution in [2.75, 3.05) is 0 Å². The van der Waals surface area contributed by atoms with Crippen LogP contribution in [0.15, 0.2) is 60.8 Å². The maximum atomic E-state index is 8.59. The van der Waals surface area contributed by atoms with Crippen LogP contribution in [0.2, 0.25) is 0 Å². The minimum atomic E-state index is 0. The summed E-state index contributed by atoms with van der Waals surface area (Å²) in [5.74, 6) is 0.503. The van der Waals surface area contributed by atoms with Crippen LogP contribution >= 0.6 is 11.3 Å². The van der Waals surface area contributed by atoms with Crippen molar-refractivity contribution in [2.45, 2.75) is 68.5 Å².